The summed E-state index contributed by atoms with van der Waals surface area (Å²) in [4.78, 5) is 0. The van der Waals surface area contributed by atoms with E-state index in [0.717, 1.165) is 11.3 Å². The Kier molecular flexibility index (Phi) is 2.77. The zero-order valence-corrected chi connectivity index (χ0v) is 9.27. The Morgan fingerprint density at radius 2 is 1.81 bits per heavy atom. The Hall–Kier alpha value is -2.03. The van der Waals surface area contributed by atoms with Crippen molar-refractivity contribution in [3.63, 3.8) is 0 Å². The molecule has 0 saturated carbocycles. The van der Waals surface area contributed by atoms with Crippen molar-refractivity contribution < 1.29 is 9.62 Å². The number of benzene rings is 1. The highest BCUT2D eigenvalue weighted by Crippen LogP contribution is 2.22. The van der Waals surface area contributed by atoms with E-state index < -0.39 is 0 Å². The van der Waals surface area contributed by atoms with Gasteiger partial charge in [0.25, 0.3) is 0 Å². The van der Waals surface area contributed by atoms with Crippen molar-refractivity contribution in [3.05, 3.63) is 47.7 Å². The molecule has 0 spiro atoms. The van der Waals surface area contributed by atoms with Crippen LogP contribution in [0.4, 0.5) is 0 Å². The molecule has 0 unspecified atom stereocenters. The first-order valence-electron chi connectivity index (χ1n) is 5.06. The minimum atomic E-state index is 0.471. The molecular weight excluding hydrogens is 202 g/mol. The van der Waals surface area contributed by atoms with Crippen LogP contribution in [0.3, 0.4) is 0 Å². The topological polar surface area (TPSA) is 45.7 Å². The molecule has 0 atom stereocenters. The van der Waals surface area contributed by atoms with Gasteiger partial charge in [-0.15, -0.1) is 0 Å². The number of aryl methyl sites for hydroxylation is 1. The van der Waals surface area contributed by atoms with Crippen LogP contribution in [-0.2, 0) is 0 Å². The maximum absolute atomic E-state index is 8.63. The third kappa shape index (κ3) is 1.98. The van der Waals surface area contributed by atoms with Crippen molar-refractivity contribution in [2.45, 2.75) is 13.8 Å². The maximum Gasteiger partial charge on any atom is 0.152 e. The lowest BCUT2D eigenvalue weighted by Crippen LogP contribution is -1.89. The molecule has 2 rings (SSSR count). The van der Waals surface area contributed by atoms with E-state index in [1.165, 1.54) is 5.56 Å². The average Bonchev–Trinajstić information content (AvgIpc) is 2.78. The smallest absolute Gasteiger partial charge is 0.152 e. The van der Waals surface area contributed by atoms with E-state index in [4.69, 9.17) is 9.62 Å². The minimum absolute atomic E-state index is 0.471. The van der Waals surface area contributed by atoms with Gasteiger partial charge in [0.1, 0.15) is 11.5 Å². The molecule has 1 aromatic heterocycles. The molecule has 0 fully saturated rings. The van der Waals surface area contributed by atoms with Gasteiger partial charge in [0.05, 0.1) is 0 Å². The molecule has 0 aliphatic heterocycles. The largest absolute Gasteiger partial charge is 0.455 e. The van der Waals surface area contributed by atoms with Gasteiger partial charge in [-0.25, -0.2) is 0 Å². The Morgan fingerprint density at radius 3 is 2.44 bits per heavy atom. The molecule has 0 radical (unpaired) electrons. The first kappa shape index (κ1) is 10.5. The lowest BCUT2D eigenvalue weighted by Gasteiger charge is -1.97. The third-order valence-corrected chi connectivity index (χ3v) is 2.45. The number of furan rings is 1. The zero-order valence-electron chi connectivity index (χ0n) is 9.27. The molecule has 0 saturated heterocycles. The van der Waals surface area contributed by atoms with Gasteiger partial charge in [-0.05, 0) is 26.0 Å². The molecule has 1 aromatic carbocycles. The molecule has 1 heterocycles. The monoisotopic (exact) mass is 215 g/mol. The number of oxime groups is 1. The Balaban J connectivity index is 2.35. The Bertz CT molecular complexity index is 509. The minimum Gasteiger partial charge on any atom is -0.455 e. The molecule has 0 aliphatic carbocycles. The molecule has 16 heavy (non-hydrogen) atoms. The fraction of sp³-hybridized carbons (Fsp3) is 0.154. The van der Waals surface area contributed by atoms with E-state index in [-0.39, 0.29) is 0 Å². The van der Waals surface area contributed by atoms with Gasteiger partial charge in [0.15, 0.2) is 5.76 Å². The molecule has 82 valence electrons. The quantitative estimate of drug-likeness (QED) is 0.473. The predicted octanol–water partition coefficient (Wildman–Crippen LogP) is 3.45. The van der Waals surface area contributed by atoms with Crippen LogP contribution in [0.2, 0.25) is 0 Å². The standard InChI is InChI=1S/C13H13NO2/c1-9-3-5-11(6-4-9)13-8-7-12(16-13)10(2)14-15/h3-8,15H,1-2H3/b14-10+. The third-order valence-electron chi connectivity index (χ3n) is 2.45. The molecule has 0 bridgehead atoms. The zero-order chi connectivity index (χ0) is 11.5. The first-order chi connectivity index (χ1) is 7.70. The SMILES string of the molecule is C/C(=N\O)c1ccc(-c2ccc(C)cc2)o1. The highest BCUT2D eigenvalue weighted by molar-refractivity contribution is 5.96. The van der Waals surface area contributed by atoms with Crippen LogP contribution < -0.4 is 0 Å². The molecule has 1 N–H and O–H groups in total. The average molecular weight is 215 g/mol. The maximum atomic E-state index is 8.63. The van der Waals surface area contributed by atoms with Gasteiger partial charge in [0, 0.05) is 5.56 Å². The highest BCUT2D eigenvalue weighted by Gasteiger charge is 2.06. The fourth-order valence-electron chi connectivity index (χ4n) is 1.45. The van der Waals surface area contributed by atoms with Crippen LogP contribution in [0.15, 0.2) is 46.0 Å². The van der Waals surface area contributed by atoms with E-state index in [1.54, 1.807) is 13.0 Å². The summed E-state index contributed by atoms with van der Waals surface area (Å²) < 4.78 is 5.57. The first-order valence-corrected chi connectivity index (χ1v) is 5.06. The summed E-state index contributed by atoms with van der Waals surface area (Å²) in [6.45, 7) is 3.73. The summed E-state index contributed by atoms with van der Waals surface area (Å²) in [7, 11) is 0. The van der Waals surface area contributed by atoms with Gasteiger partial charge in [0.2, 0.25) is 0 Å². The lowest BCUT2D eigenvalue weighted by atomic mass is 10.1. The van der Waals surface area contributed by atoms with Gasteiger partial charge < -0.3 is 9.62 Å². The summed E-state index contributed by atoms with van der Waals surface area (Å²) in [6, 6.07) is 11.7. The highest BCUT2D eigenvalue weighted by atomic mass is 16.4. The van der Waals surface area contributed by atoms with Crippen LogP contribution in [-0.4, -0.2) is 10.9 Å². The summed E-state index contributed by atoms with van der Waals surface area (Å²) in [5.74, 6) is 1.36. The van der Waals surface area contributed by atoms with Crippen molar-refractivity contribution in [2.24, 2.45) is 5.16 Å². The predicted molar refractivity (Wildman–Crippen MR) is 62.9 cm³/mol. The number of rotatable bonds is 2. The molecule has 3 nitrogen and oxygen atoms in total. The van der Waals surface area contributed by atoms with Crippen molar-refractivity contribution in [1.82, 2.24) is 0 Å². The molecule has 3 heteroatoms. The van der Waals surface area contributed by atoms with E-state index in [2.05, 4.69) is 5.16 Å². The summed E-state index contributed by atoms with van der Waals surface area (Å²) >= 11 is 0. The molecular formula is C13H13NO2. The molecule has 0 amide bonds. The normalized spacial score (nSPS) is 11.8. The second-order valence-electron chi connectivity index (χ2n) is 3.72. The van der Waals surface area contributed by atoms with E-state index in [0.29, 0.717) is 11.5 Å². The van der Waals surface area contributed by atoms with Crippen LogP contribution in [0.1, 0.15) is 18.2 Å². The second-order valence-corrected chi connectivity index (χ2v) is 3.72. The van der Waals surface area contributed by atoms with Gasteiger partial charge in [-0.1, -0.05) is 35.0 Å². The van der Waals surface area contributed by atoms with Crippen molar-refractivity contribution in [3.8, 4) is 11.3 Å². The van der Waals surface area contributed by atoms with Crippen molar-refractivity contribution in [1.29, 1.82) is 0 Å². The Morgan fingerprint density at radius 1 is 1.12 bits per heavy atom. The summed E-state index contributed by atoms with van der Waals surface area (Å²) in [5, 5.41) is 11.7. The summed E-state index contributed by atoms with van der Waals surface area (Å²) in [5.41, 5.74) is 2.70. The van der Waals surface area contributed by atoms with Crippen LogP contribution in [0.5, 0.6) is 0 Å². The molecule has 2 aromatic rings. The number of nitrogens with zero attached hydrogens (tertiary/aromatic N) is 1. The van der Waals surface area contributed by atoms with Crippen molar-refractivity contribution >= 4 is 5.71 Å². The molecule has 0 aliphatic rings. The van der Waals surface area contributed by atoms with Crippen LogP contribution >= 0.6 is 0 Å². The van der Waals surface area contributed by atoms with E-state index in [1.807, 2.05) is 37.3 Å². The van der Waals surface area contributed by atoms with Gasteiger partial charge >= 0.3 is 0 Å². The second kappa shape index (κ2) is 4.23. The van der Waals surface area contributed by atoms with Gasteiger partial charge in [-0.2, -0.15) is 0 Å². The number of hydrogen-bond donors (Lipinski definition) is 1. The van der Waals surface area contributed by atoms with Crippen molar-refractivity contribution in [2.75, 3.05) is 0 Å². The van der Waals surface area contributed by atoms with E-state index in [9.17, 15) is 0 Å². The van der Waals surface area contributed by atoms with Crippen LogP contribution in [0.25, 0.3) is 11.3 Å². The summed E-state index contributed by atoms with van der Waals surface area (Å²) in [6.07, 6.45) is 0. The fourth-order valence-corrected chi connectivity index (χ4v) is 1.45. The Labute approximate surface area is 94.0 Å². The van der Waals surface area contributed by atoms with E-state index >= 15 is 0 Å². The van der Waals surface area contributed by atoms with Crippen LogP contribution in [0, 0.1) is 6.92 Å². The lowest BCUT2D eigenvalue weighted by molar-refractivity contribution is 0.317. The van der Waals surface area contributed by atoms with Gasteiger partial charge in [-0.3, -0.25) is 0 Å². The number of hydrogen-bond acceptors (Lipinski definition) is 3.